The smallest absolute Gasteiger partial charge is 0.404 e. The molecule has 140 valence electrons. The number of rotatable bonds is 6. The topological polar surface area (TPSA) is 67.2 Å². The van der Waals surface area contributed by atoms with Crippen LogP contribution in [0.25, 0.3) is 5.69 Å². The van der Waals surface area contributed by atoms with Crippen LogP contribution in [0.1, 0.15) is 5.69 Å². The van der Waals surface area contributed by atoms with E-state index in [-0.39, 0.29) is 12.2 Å². The lowest BCUT2D eigenvalue weighted by molar-refractivity contribution is 0.194. The molecule has 2 N–H and O–H groups in total. The van der Waals surface area contributed by atoms with Crippen LogP contribution in [0.15, 0.2) is 62.9 Å². The van der Waals surface area contributed by atoms with Gasteiger partial charge in [-0.25, -0.2) is 18.3 Å². The molecule has 27 heavy (non-hydrogen) atoms. The van der Waals surface area contributed by atoms with Crippen LogP contribution < -0.4 is 5.32 Å². The Bertz CT molecular complexity index is 981. The van der Waals surface area contributed by atoms with Gasteiger partial charge in [0.2, 0.25) is 0 Å². The minimum atomic E-state index is -1.13. The van der Waals surface area contributed by atoms with Gasteiger partial charge in [-0.3, -0.25) is 0 Å². The summed E-state index contributed by atoms with van der Waals surface area (Å²) in [6, 6.07) is 12.4. The predicted molar refractivity (Wildman–Crippen MR) is 101 cm³/mol. The van der Waals surface area contributed by atoms with Gasteiger partial charge in [-0.1, -0.05) is 33.8 Å². The highest BCUT2D eigenvalue weighted by Gasteiger charge is 2.15. The molecule has 0 aliphatic heterocycles. The zero-order valence-corrected chi connectivity index (χ0v) is 16.2. The van der Waals surface area contributed by atoms with Gasteiger partial charge in [0, 0.05) is 28.4 Å². The fourth-order valence-electron chi connectivity index (χ4n) is 2.37. The maximum absolute atomic E-state index is 14.3. The van der Waals surface area contributed by atoms with Gasteiger partial charge in [-0.2, -0.15) is 5.10 Å². The fraction of sp³-hybridized carbons (Fsp3) is 0.111. The van der Waals surface area contributed by atoms with Crippen LogP contribution >= 0.6 is 27.7 Å². The number of benzene rings is 2. The number of carboxylic acid groups (broad SMARTS) is 1. The molecule has 2 aromatic carbocycles. The van der Waals surface area contributed by atoms with Crippen LogP contribution in [0.2, 0.25) is 0 Å². The molecule has 0 saturated carbocycles. The number of carbonyl (C=O) groups is 1. The summed E-state index contributed by atoms with van der Waals surface area (Å²) in [7, 11) is 0. The summed E-state index contributed by atoms with van der Waals surface area (Å²) in [5.74, 6) is -1.18. The number of nitrogens with zero attached hydrogens (tertiary/aromatic N) is 2. The van der Waals surface area contributed by atoms with Gasteiger partial charge in [0.15, 0.2) is 0 Å². The molecule has 0 fully saturated rings. The Kier molecular flexibility index (Phi) is 6.12. The zero-order valence-electron chi connectivity index (χ0n) is 13.8. The number of hydrogen-bond donors (Lipinski definition) is 2. The standard InChI is InChI=1S/C18H14BrF2N3O2S/c19-11-2-1-3-14(8-11)27-17-10-13(6-7-22-18(25)26)23-24(17)16-9-12(20)4-5-15(16)21/h1-5,8-10,22H,6-7H2,(H,25,26). The molecule has 0 saturated heterocycles. The number of amides is 1. The molecule has 0 aliphatic rings. The highest BCUT2D eigenvalue weighted by molar-refractivity contribution is 9.10. The molecule has 0 unspecified atom stereocenters. The van der Waals surface area contributed by atoms with E-state index in [0.717, 1.165) is 27.6 Å². The van der Waals surface area contributed by atoms with Crippen LogP contribution in [0.3, 0.4) is 0 Å². The number of nitrogens with one attached hydrogen (secondary N) is 1. The Hall–Kier alpha value is -2.39. The zero-order chi connectivity index (χ0) is 19.4. The summed E-state index contributed by atoms with van der Waals surface area (Å²) in [6.07, 6.45) is -0.809. The number of aromatic nitrogens is 2. The molecule has 0 aliphatic carbocycles. The molecule has 1 heterocycles. The molecular weight excluding hydrogens is 440 g/mol. The molecule has 5 nitrogen and oxygen atoms in total. The van der Waals surface area contributed by atoms with Crippen molar-refractivity contribution in [3.8, 4) is 5.69 Å². The van der Waals surface area contributed by atoms with Crippen LogP contribution in [0.4, 0.5) is 13.6 Å². The molecule has 0 radical (unpaired) electrons. The Morgan fingerprint density at radius 3 is 2.78 bits per heavy atom. The Morgan fingerprint density at radius 1 is 1.22 bits per heavy atom. The average Bonchev–Trinajstić information content (AvgIpc) is 2.99. The number of hydrogen-bond acceptors (Lipinski definition) is 3. The summed E-state index contributed by atoms with van der Waals surface area (Å²) >= 11 is 4.75. The van der Waals surface area contributed by atoms with Crippen molar-refractivity contribution >= 4 is 33.8 Å². The van der Waals surface area contributed by atoms with Crippen molar-refractivity contribution in [2.24, 2.45) is 0 Å². The van der Waals surface area contributed by atoms with Gasteiger partial charge in [-0.15, -0.1) is 0 Å². The van der Waals surface area contributed by atoms with Crippen molar-refractivity contribution in [1.82, 2.24) is 15.1 Å². The van der Waals surface area contributed by atoms with Crippen LogP contribution in [0, 0.1) is 11.6 Å². The SMILES string of the molecule is O=C(O)NCCc1cc(Sc2cccc(Br)c2)n(-c2cc(F)ccc2F)n1. The summed E-state index contributed by atoms with van der Waals surface area (Å²) < 4.78 is 30.1. The summed E-state index contributed by atoms with van der Waals surface area (Å²) in [5.41, 5.74) is 0.551. The van der Waals surface area contributed by atoms with Gasteiger partial charge >= 0.3 is 6.09 Å². The molecular formula is C18H14BrF2N3O2S. The molecule has 0 spiro atoms. The van der Waals surface area contributed by atoms with Crippen LogP contribution in [-0.2, 0) is 6.42 Å². The van der Waals surface area contributed by atoms with Crippen LogP contribution in [0.5, 0.6) is 0 Å². The van der Waals surface area contributed by atoms with Gasteiger partial charge in [0.05, 0.1) is 5.69 Å². The first-order valence-electron chi connectivity index (χ1n) is 7.87. The van der Waals surface area contributed by atoms with E-state index in [4.69, 9.17) is 5.11 Å². The second kappa shape index (κ2) is 8.53. The minimum Gasteiger partial charge on any atom is -0.465 e. The van der Waals surface area contributed by atoms with Crippen molar-refractivity contribution in [3.05, 3.63) is 70.3 Å². The highest BCUT2D eigenvalue weighted by atomic mass is 79.9. The quantitative estimate of drug-likeness (QED) is 0.558. The summed E-state index contributed by atoms with van der Waals surface area (Å²) in [6.45, 7) is 0.166. The molecule has 3 aromatic rings. The number of halogens is 3. The van der Waals surface area contributed by atoms with Gasteiger partial charge in [0.25, 0.3) is 0 Å². The summed E-state index contributed by atoms with van der Waals surface area (Å²) in [4.78, 5) is 11.5. The first-order chi connectivity index (χ1) is 12.9. The molecule has 1 amide bonds. The fourth-order valence-corrected chi connectivity index (χ4v) is 3.92. The highest BCUT2D eigenvalue weighted by Crippen LogP contribution is 2.32. The van der Waals surface area contributed by atoms with E-state index in [2.05, 4.69) is 26.3 Å². The molecule has 0 atom stereocenters. The van der Waals surface area contributed by atoms with Crippen molar-refractivity contribution in [3.63, 3.8) is 0 Å². The van der Waals surface area contributed by atoms with E-state index in [9.17, 15) is 13.6 Å². The van der Waals surface area contributed by atoms with E-state index in [1.54, 1.807) is 6.07 Å². The molecule has 9 heteroatoms. The second-order valence-electron chi connectivity index (χ2n) is 5.52. The van der Waals surface area contributed by atoms with Crippen molar-refractivity contribution in [2.75, 3.05) is 6.54 Å². The van der Waals surface area contributed by atoms with E-state index in [1.165, 1.54) is 16.4 Å². The third-order valence-corrected chi connectivity index (χ3v) is 5.02. The Labute approximate surface area is 166 Å². The third kappa shape index (κ3) is 5.08. The lowest BCUT2D eigenvalue weighted by Crippen LogP contribution is -2.23. The average molecular weight is 454 g/mol. The van der Waals surface area contributed by atoms with Crippen molar-refractivity contribution in [2.45, 2.75) is 16.3 Å². The maximum Gasteiger partial charge on any atom is 0.404 e. The van der Waals surface area contributed by atoms with Gasteiger partial charge in [0.1, 0.15) is 22.3 Å². The monoisotopic (exact) mass is 453 g/mol. The predicted octanol–water partition coefficient (Wildman–Crippen LogP) is 4.87. The maximum atomic E-state index is 14.3. The van der Waals surface area contributed by atoms with Gasteiger partial charge in [-0.05, 0) is 36.4 Å². The summed E-state index contributed by atoms with van der Waals surface area (Å²) in [5, 5.41) is 15.9. The Balaban J connectivity index is 1.97. The van der Waals surface area contributed by atoms with Crippen molar-refractivity contribution < 1.29 is 18.7 Å². The normalized spacial score (nSPS) is 10.8. The van der Waals surface area contributed by atoms with Gasteiger partial charge < -0.3 is 10.4 Å². The first-order valence-corrected chi connectivity index (χ1v) is 9.48. The molecule has 1 aromatic heterocycles. The molecule has 3 rings (SSSR count). The first kappa shape index (κ1) is 19.4. The largest absolute Gasteiger partial charge is 0.465 e. The van der Waals surface area contributed by atoms with E-state index in [0.29, 0.717) is 17.1 Å². The third-order valence-electron chi connectivity index (χ3n) is 3.54. The lowest BCUT2D eigenvalue weighted by Gasteiger charge is -2.08. The lowest BCUT2D eigenvalue weighted by atomic mass is 10.3. The minimum absolute atomic E-state index is 0.00931. The van der Waals surface area contributed by atoms with E-state index >= 15 is 0 Å². The van der Waals surface area contributed by atoms with E-state index < -0.39 is 17.7 Å². The van der Waals surface area contributed by atoms with E-state index in [1.807, 2.05) is 24.3 Å². The van der Waals surface area contributed by atoms with Crippen molar-refractivity contribution in [1.29, 1.82) is 0 Å². The van der Waals surface area contributed by atoms with Crippen LogP contribution in [-0.4, -0.2) is 27.5 Å². The molecule has 0 bridgehead atoms. The Morgan fingerprint density at radius 2 is 2.04 bits per heavy atom. The second-order valence-corrected chi connectivity index (χ2v) is 7.53.